The topological polar surface area (TPSA) is 57.4 Å². The second kappa shape index (κ2) is 5.94. The maximum absolute atomic E-state index is 12.8. The molecule has 110 valence electrons. The number of ether oxygens (including phenoxy) is 2. The molecule has 0 saturated heterocycles. The van der Waals surface area contributed by atoms with E-state index >= 15 is 0 Å². The van der Waals surface area contributed by atoms with E-state index in [0.717, 1.165) is 23.5 Å². The van der Waals surface area contributed by atoms with E-state index in [2.05, 4.69) is 4.98 Å². The molecular formula is C12H13F3N2O2S. The normalized spacial score (nSPS) is 12.2. The largest absolute Gasteiger partial charge is 0.416 e. The molecule has 0 aliphatic carbocycles. The molecule has 0 aliphatic rings. The van der Waals surface area contributed by atoms with Crippen molar-refractivity contribution in [3.63, 3.8) is 0 Å². The molecule has 4 nitrogen and oxygen atoms in total. The van der Waals surface area contributed by atoms with Gasteiger partial charge in [-0.15, -0.1) is 0 Å². The van der Waals surface area contributed by atoms with E-state index in [9.17, 15) is 13.2 Å². The fourth-order valence-electron chi connectivity index (χ4n) is 1.71. The number of aromatic nitrogens is 1. The number of fused-ring (bicyclic) bond motifs is 1. The molecule has 2 aromatic rings. The van der Waals surface area contributed by atoms with E-state index < -0.39 is 11.7 Å². The van der Waals surface area contributed by atoms with Crippen LogP contribution in [0.25, 0.3) is 10.2 Å². The lowest BCUT2D eigenvalue weighted by Gasteiger charge is -2.10. The third kappa shape index (κ3) is 3.38. The van der Waals surface area contributed by atoms with Crippen molar-refractivity contribution in [2.75, 3.05) is 26.1 Å². The van der Waals surface area contributed by atoms with Crippen LogP contribution in [0.5, 0.6) is 0 Å². The van der Waals surface area contributed by atoms with Crippen molar-refractivity contribution in [2.24, 2.45) is 0 Å². The maximum Gasteiger partial charge on any atom is 0.416 e. The van der Waals surface area contributed by atoms with E-state index in [1.165, 1.54) is 7.11 Å². The highest BCUT2D eigenvalue weighted by Crippen LogP contribution is 2.36. The highest BCUT2D eigenvalue weighted by atomic mass is 32.1. The van der Waals surface area contributed by atoms with Crippen molar-refractivity contribution in [2.45, 2.75) is 12.8 Å². The van der Waals surface area contributed by atoms with Gasteiger partial charge >= 0.3 is 6.18 Å². The lowest BCUT2D eigenvalue weighted by molar-refractivity contribution is -0.137. The van der Waals surface area contributed by atoms with Crippen molar-refractivity contribution in [1.82, 2.24) is 4.98 Å². The molecule has 8 heteroatoms. The maximum atomic E-state index is 12.8. The molecule has 0 radical (unpaired) electrons. The number of thiazole rings is 1. The second-order valence-electron chi connectivity index (χ2n) is 4.08. The molecule has 0 spiro atoms. The highest BCUT2D eigenvalue weighted by Gasteiger charge is 2.31. The molecule has 0 bridgehead atoms. The van der Waals surface area contributed by atoms with Gasteiger partial charge < -0.3 is 15.2 Å². The number of benzene rings is 1. The van der Waals surface area contributed by atoms with Gasteiger partial charge in [0.2, 0.25) is 0 Å². The number of nitrogens with two attached hydrogens (primary N) is 1. The zero-order chi connectivity index (χ0) is 14.8. The Labute approximate surface area is 117 Å². The molecule has 1 aromatic heterocycles. The van der Waals surface area contributed by atoms with E-state index in [0.29, 0.717) is 29.0 Å². The van der Waals surface area contributed by atoms with E-state index in [4.69, 9.17) is 15.2 Å². The summed E-state index contributed by atoms with van der Waals surface area (Å²) >= 11 is 1.03. The fraction of sp³-hybridized carbons (Fsp3) is 0.417. The number of alkyl halides is 3. The van der Waals surface area contributed by atoms with E-state index in [1.54, 1.807) is 0 Å². The van der Waals surface area contributed by atoms with E-state index in [1.807, 2.05) is 0 Å². The van der Waals surface area contributed by atoms with Crippen molar-refractivity contribution < 1.29 is 22.6 Å². The zero-order valence-corrected chi connectivity index (χ0v) is 11.5. The molecule has 2 N–H and O–H groups in total. The van der Waals surface area contributed by atoms with Crippen molar-refractivity contribution in [3.8, 4) is 0 Å². The quantitative estimate of drug-likeness (QED) is 0.863. The minimum absolute atomic E-state index is 0.0347. The lowest BCUT2D eigenvalue weighted by Crippen LogP contribution is -2.07. The third-order valence-corrected chi connectivity index (χ3v) is 3.44. The summed E-state index contributed by atoms with van der Waals surface area (Å²) in [6.45, 7) is 0.710. The Kier molecular flexibility index (Phi) is 4.46. The second-order valence-corrected chi connectivity index (χ2v) is 5.14. The van der Waals surface area contributed by atoms with Crippen LogP contribution in [0, 0.1) is 0 Å². The minimum Gasteiger partial charge on any atom is -0.382 e. The molecule has 0 fully saturated rings. The van der Waals surface area contributed by atoms with Crippen LogP contribution in [0.15, 0.2) is 12.1 Å². The van der Waals surface area contributed by atoms with Gasteiger partial charge in [0.25, 0.3) is 0 Å². The summed E-state index contributed by atoms with van der Waals surface area (Å²) in [6.07, 6.45) is -4.41. The van der Waals surface area contributed by atoms with Gasteiger partial charge in [-0.25, -0.2) is 4.98 Å². The van der Waals surface area contributed by atoms with Crippen molar-refractivity contribution >= 4 is 26.7 Å². The number of nitrogen functional groups attached to an aromatic ring is 1. The first-order valence-corrected chi connectivity index (χ1v) is 6.56. The van der Waals surface area contributed by atoms with Gasteiger partial charge in [0.1, 0.15) is 0 Å². The minimum atomic E-state index is -4.41. The van der Waals surface area contributed by atoms with Gasteiger partial charge in [0.15, 0.2) is 5.13 Å². The lowest BCUT2D eigenvalue weighted by atomic mass is 10.1. The Bertz CT molecular complexity index is 598. The van der Waals surface area contributed by atoms with Gasteiger partial charge in [-0.2, -0.15) is 13.2 Å². The number of methoxy groups -OCH3 is 1. The van der Waals surface area contributed by atoms with Crippen molar-refractivity contribution in [3.05, 3.63) is 23.3 Å². The van der Waals surface area contributed by atoms with Gasteiger partial charge in [0, 0.05) is 12.7 Å². The molecule has 0 aliphatic heterocycles. The fourth-order valence-corrected chi connectivity index (χ4v) is 2.54. The van der Waals surface area contributed by atoms with Crippen LogP contribution in [0.2, 0.25) is 0 Å². The zero-order valence-electron chi connectivity index (χ0n) is 10.7. The number of anilines is 1. The molecule has 1 heterocycles. The molecule has 20 heavy (non-hydrogen) atoms. The standard InChI is InChI=1S/C12H13F3N2O2S/c1-18-2-3-19-6-7-4-8(12(13,14)15)5-9-10(7)17-11(16)20-9/h4-5H,2-3,6H2,1H3,(H2,16,17). The third-order valence-electron chi connectivity index (χ3n) is 2.61. The summed E-state index contributed by atoms with van der Waals surface area (Å²) in [6, 6.07) is 2.11. The predicted molar refractivity (Wildman–Crippen MR) is 70.6 cm³/mol. The number of halogens is 3. The summed E-state index contributed by atoms with van der Waals surface area (Å²) in [7, 11) is 1.52. The van der Waals surface area contributed by atoms with Crippen LogP contribution >= 0.6 is 11.3 Å². The highest BCUT2D eigenvalue weighted by molar-refractivity contribution is 7.22. The Hall–Kier alpha value is -1.38. The molecule has 0 saturated carbocycles. The van der Waals surface area contributed by atoms with Gasteiger partial charge in [-0.05, 0) is 12.1 Å². The first kappa shape index (κ1) is 15.0. The first-order valence-electron chi connectivity index (χ1n) is 5.74. The number of nitrogens with zero attached hydrogens (tertiary/aromatic N) is 1. The number of hydrogen-bond donors (Lipinski definition) is 1. The SMILES string of the molecule is COCCOCc1cc(C(F)(F)F)cc2sc(N)nc12. The van der Waals surface area contributed by atoms with Crippen LogP contribution in [-0.4, -0.2) is 25.3 Å². The summed E-state index contributed by atoms with van der Waals surface area (Å²) in [5.41, 5.74) is 5.67. The van der Waals surface area contributed by atoms with Crippen LogP contribution in [0.1, 0.15) is 11.1 Å². The average molecular weight is 306 g/mol. The van der Waals surface area contributed by atoms with E-state index in [-0.39, 0.29) is 11.7 Å². The van der Waals surface area contributed by atoms with Crippen molar-refractivity contribution in [1.29, 1.82) is 0 Å². The first-order chi connectivity index (χ1) is 9.41. The Balaban J connectivity index is 2.34. The molecular weight excluding hydrogens is 293 g/mol. The summed E-state index contributed by atoms with van der Waals surface area (Å²) < 4.78 is 49.0. The van der Waals surface area contributed by atoms with Crippen LogP contribution in [-0.2, 0) is 22.3 Å². The number of rotatable bonds is 5. The molecule has 0 unspecified atom stereocenters. The van der Waals surface area contributed by atoms with Crippen LogP contribution in [0.3, 0.4) is 0 Å². The van der Waals surface area contributed by atoms with Gasteiger partial charge in [-0.3, -0.25) is 0 Å². The monoisotopic (exact) mass is 306 g/mol. The summed E-state index contributed by atoms with van der Waals surface area (Å²) in [4.78, 5) is 4.05. The van der Waals surface area contributed by atoms with Gasteiger partial charge in [-0.1, -0.05) is 11.3 Å². The summed E-state index contributed by atoms with van der Waals surface area (Å²) in [5, 5.41) is 0.234. The Morgan fingerprint density at radius 2 is 2.05 bits per heavy atom. The molecule has 0 atom stereocenters. The molecule has 2 rings (SSSR count). The predicted octanol–water partition coefficient (Wildman–Crippen LogP) is 3.06. The Morgan fingerprint density at radius 3 is 2.70 bits per heavy atom. The molecule has 0 amide bonds. The summed E-state index contributed by atoms with van der Waals surface area (Å²) in [5.74, 6) is 0. The van der Waals surface area contributed by atoms with Crippen LogP contribution in [0.4, 0.5) is 18.3 Å². The van der Waals surface area contributed by atoms with Crippen LogP contribution < -0.4 is 5.73 Å². The Morgan fingerprint density at radius 1 is 1.30 bits per heavy atom. The molecule has 1 aromatic carbocycles. The average Bonchev–Trinajstić information content (AvgIpc) is 2.73. The smallest absolute Gasteiger partial charge is 0.382 e. The number of hydrogen-bond acceptors (Lipinski definition) is 5. The van der Waals surface area contributed by atoms with Gasteiger partial charge in [0.05, 0.1) is 35.6 Å².